The SMILES string of the molecule is CC1CC=CC2=C1C[C@@H](C)C2. The number of hydrogen-bond donors (Lipinski definition) is 0. The molecule has 0 saturated carbocycles. The molecular formula is C11H16. The molecule has 0 heteroatoms. The van der Waals surface area contributed by atoms with Crippen molar-refractivity contribution in [3.8, 4) is 0 Å². The number of allylic oxidation sites excluding steroid dienone is 4. The zero-order chi connectivity index (χ0) is 7.84. The lowest BCUT2D eigenvalue weighted by Crippen LogP contribution is -2.01. The molecule has 0 heterocycles. The van der Waals surface area contributed by atoms with E-state index in [1.165, 1.54) is 19.3 Å². The van der Waals surface area contributed by atoms with E-state index in [9.17, 15) is 0 Å². The molecule has 2 rings (SSSR count). The molecular weight excluding hydrogens is 132 g/mol. The summed E-state index contributed by atoms with van der Waals surface area (Å²) in [5.74, 6) is 1.74. The summed E-state index contributed by atoms with van der Waals surface area (Å²) in [6.45, 7) is 4.72. The highest BCUT2D eigenvalue weighted by molar-refractivity contribution is 5.35. The van der Waals surface area contributed by atoms with Gasteiger partial charge in [0.1, 0.15) is 0 Å². The van der Waals surface area contributed by atoms with Crippen LogP contribution < -0.4 is 0 Å². The molecule has 0 fully saturated rings. The minimum Gasteiger partial charge on any atom is -0.0837 e. The fraction of sp³-hybridized carbons (Fsp3) is 0.636. The largest absolute Gasteiger partial charge is 0.0837 e. The van der Waals surface area contributed by atoms with Crippen LogP contribution in [0.3, 0.4) is 0 Å². The first-order chi connectivity index (χ1) is 5.27. The lowest BCUT2D eigenvalue weighted by molar-refractivity contribution is 0.583. The van der Waals surface area contributed by atoms with Crippen LogP contribution in [0.15, 0.2) is 23.3 Å². The molecule has 0 N–H and O–H groups in total. The van der Waals surface area contributed by atoms with Gasteiger partial charge < -0.3 is 0 Å². The Morgan fingerprint density at radius 3 is 2.82 bits per heavy atom. The third kappa shape index (κ3) is 1.15. The standard InChI is InChI=1S/C11H16/c1-8-6-10-5-3-4-9(2)11(10)7-8/h3,5,8-9H,4,6-7H2,1-2H3/t8-,9?/m0/s1. The van der Waals surface area contributed by atoms with Crippen molar-refractivity contribution in [3.63, 3.8) is 0 Å². The first kappa shape index (κ1) is 7.15. The molecule has 0 aromatic rings. The highest BCUT2D eigenvalue weighted by atomic mass is 14.3. The van der Waals surface area contributed by atoms with Crippen LogP contribution in [0.25, 0.3) is 0 Å². The molecule has 2 aliphatic carbocycles. The summed E-state index contributed by atoms with van der Waals surface area (Å²) in [4.78, 5) is 0. The van der Waals surface area contributed by atoms with Crippen LogP contribution in [0, 0.1) is 11.8 Å². The van der Waals surface area contributed by atoms with Gasteiger partial charge in [0.2, 0.25) is 0 Å². The van der Waals surface area contributed by atoms with Crippen molar-refractivity contribution in [1.29, 1.82) is 0 Å². The highest BCUT2D eigenvalue weighted by Crippen LogP contribution is 2.39. The molecule has 0 bridgehead atoms. The van der Waals surface area contributed by atoms with Gasteiger partial charge in [-0.1, -0.05) is 31.6 Å². The van der Waals surface area contributed by atoms with Crippen molar-refractivity contribution >= 4 is 0 Å². The lowest BCUT2D eigenvalue weighted by atomic mass is 9.90. The average Bonchev–Trinajstić information content (AvgIpc) is 2.31. The molecule has 11 heavy (non-hydrogen) atoms. The fourth-order valence-electron chi connectivity index (χ4n) is 2.33. The van der Waals surface area contributed by atoms with Gasteiger partial charge in [-0.05, 0) is 36.7 Å². The minimum absolute atomic E-state index is 0.833. The summed E-state index contributed by atoms with van der Waals surface area (Å²) in [5, 5.41) is 0. The maximum Gasteiger partial charge on any atom is -0.0191 e. The van der Waals surface area contributed by atoms with E-state index in [1.54, 1.807) is 11.1 Å². The Bertz CT molecular complexity index is 220. The normalized spacial score (nSPS) is 36.2. The Morgan fingerprint density at radius 1 is 1.27 bits per heavy atom. The molecule has 0 aliphatic heterocycles. The molecule has 0 spiro atoms. The van der Waals surface area contributed by atoms with Gasteiger partial charge in [0, 0.05) is 0 Å². The highest BCUT2D eigenvalue weighted by Gasteiger charge is 2.24. The quantitative estimate of drug-likeness (QED) is 0.494. The Labute approximate surface area is 69.0 Å². The van der Waals surface area contributed by atoms with E-state index in [0.717, 1.165) is 11.8 Å². The van der Waals surface area contributed by atoms with Gasteiger partial charge >= 0.3 is 0 Å². The Kier molecular flexibility index (Phi) is 1.63. The van der Waals surface area contributed by atoms with E-state index in [2.05, 4.69) is 26.0 Å². The molecule has 0 aromatic heterocycles. The van der Waals surface area contributed by atoms with Gasteiger partial charge in [-0.25, -0.2) is 0 Å². The van der Waals surface area contributed by atoms with Gasteiger partial charge in [0.05, 0.1) is 0 Å². The molecule has 2 aliphatic rings. The van der Waals surface area contributed by atoms with E-state index < -0.39 is 0 Å². The first-order valence-electron chi connectivity index (χ1n) is 4.66. The van der Waals surface area contributed by atoms with Crippen molar-refractivity contribution in [2.24, 2.45) is 11.8 Å². The summed E-state index contributed by atoms with van der Waals surface area (Å²) < 4.78 is 0. The Hall–Kier alpha value is -0.520. The summed E-state index contributed by atoms with van der Waals surface area (Å²) in [7, 11) is 0. The topological polar surface area (TPSA) is 0 Å². The smallest absolute Gasteiger partial charge is 0.0191 e. The summed E-state index contributed by atoms with van der Waals surface area (Å²) in [5.41, 5.74) is 3.40. The summed E-state index contributed by atoms with van der Waals surface area (Å²) in [6.07, 6.45) is 8.64. The Balaban J connectivity index is 2.25. The van der Waals surface area contributed by atoms with Gasteiger partial charge in [-0.2, -0.15) is 0 Å². The fourth-order valence-corrected chi connectivity index (χ4v) is 2.33. The van der Waals surface area contributed by atoms with E-state index >= 15 is 0 Å². The van der Waals surface area contributed by atoms with Gasteiger partial charge in [-0.3, -0.25) is 0 Å². The van der Waals surface area contributed by atoms with Gasteiger partial charge in [-0.15, -0.1) is 0 Å². The van der Waals surface area contributed by atoms with Crippen LogP contribution in [0.5, 0.6) is 0 Å². The first-order valence-corrected chi connectivity index (χ1v) is 4.66. The third-order valence-electron chi connectivity index (χ3n) is 2.95. The maximum absolute atomic E-state index is 2.36. The molecule has 0 aromatic carbocycles. The second-order valence-electron chi connectivity index (χ2n) is 4.10. The predicted molar refractivity (Wildman–Crippen MR) is 48.3 cm³/mol. The lowest BCUT2D eigenvalue weighted by Gasteiger charge is -2.16. The zero-order valence-corrected chi connectivity index (χ0v) is 7.43. The summed E-state index contributed by atoms with van der Waals surface area (Å²) in [6, 6.07) is 0. The Morgan fingerprint density at radius 2 is 2.09 bits per heavy atom. The molecule has 1 unspecified atom stereocenters. The van der Waals surface area contributed by atoms with Gasteiger partial charge in [0.25, 0.3) is 0 Å². The maximum atomic E-state index is 2.36. The van der Waals surface area contributed by atoms with E-state index in [0.29, 0.717) is 0 Å². The molecule has 0 amide bonds. The van der Waals surface area contributed by atoms with Crippen LogP contribution in [0.2, 0.25) is 0 Å². The predicted octanol–water partition coefficient (Wildman–Crippen LogP) is 3.31. The van der Waals surface area contributed by atoms with Crippen LogP contribution in [0.4, 0.5) is 0 Å². The van der Waals surface area contributed by atoms with Crippen molar-refractivity contribution < 1.29 is 0 Å². The molecule has 0 nitrogen and oxygen atoms in total. The molecule has 0 radical (unpaired) electrons. The van der Waals surface area contributed by atoms with Gasteiger partial charge in [0.15, 0.2) is 0 Å². The van der Waals surface area contributed by atoms with Crippen molar-refractivity contribution in [3.05, 3.63) is 23.3 Å². The van der Waals surface area contributed by atoms with Crippen molar-refractivity contribution in [2.45, 2.75) is 33.1 Å². The zero-order valence-electron chi connectivity index (χ0n) is 7.43. The van der Waals surface area contributed by atoms with Crippen LogP contribution >= 0.6 is 0 Å². The van der Waals surface area contributed by atoms with Crippen LogP contribution in [-0.4, -0.2) is 0 Å². The monoisotopic (exact) mass is 148 g/mol. The van der Waals surface area contributed by atoms with Crippen LogP contribution in [0.1, 0.15) is 33.1 Å². The van der Waals surface area contributed by atoms with E-state index in [1.807, 2.05) is 0 Å². The van der Waals surface area contributed by atoms with Crippen molar-refractivity contribution in [2.75, 3.05) is 0 Å². The average molecular weight is 148 g/mol. The second-order valence-corrected chi connectivity index (χ2v) is 4.10. The molecule has 0 saturated heterocycles. The number of hydrogen-bond acceptors (Lipinski definition) is 0. The van der Waals surface area contributed by atoms with Crippen LogP contribution in [-0.2, 0) is 0 Å². The van der Waals surface area contributed by atoms with E-state index in [4.69, 9.17) is 0 Å². The molecule has 60 valence electrons. The third-order valence-corrected chi connectivity index (χ3v) is 2.95. The second kappa shape index (κ2) is 2.51. The minimum atomic E-state index is 0.833. The van der Waals surface area contributed by atoms with E-state index in [-0.39, 0.29) is 0 Å². The number of rotatable bonds is 0. The summed E-state index contributed by atoms with van der Waals surface area (Å²) >= 11 is 0. The van der Waals surface area contributed by atoms with Crippen molar-refractivity contribution in [1.82, 2.24) is 0 Å². The molecule has 2 atom stereocenters.